The number of aryl methyl sites for hydroxylation is 1. The molecule has 1 unspecified atom stereocenters. The van der Waals surface area contributed by atoms with E-state index in [2.05, 4.69) is 60.2 Å². The van der Waals surface area contributed by atoms with Gasteiger partial charge in [-0.2, -0.15) is 0 Å². The molecule has 0 radical (unpaired) electrons. The molecule has 17 heavy (non-hydrogen) atoms. The van der Waals surface area contributed by atoms with Crippen molar-refractivity contribution in [3.05, 3.63) is 28.2 Å². The first-order valence-corrected chi connectivity index (χ1v) is 7.29. The summed E-state index contributed by atoms with van der Waals surface area (Å²) >= 11 is 3.67. The van der Waals surface area contributed by atoms with E-state index in [0.29, 0.717) is 11.5 Å². The Morgan fingerprint density at radius 1 is 1.35 bits per heavy atom. The van der Waals surface area contributed by atoms with Crippen LogP contribution < -0.4 is 5.32 Å². The van der Waals surface area contributed by atoms with Crippen LogP contribution in [0.5, 0.6) is 0 Å². The van der Waals surface area contributed by atoms with Gasteiger partial charge in [0.1, 0.15) is 0 Å². The van der Waals surface area contributed by atoms with Gasteiger partial charge in [0.25, 0.3) is 0 Å². The van der Waals surface area contributed by atoms with Crippen LogP contribution in [0.25, 0.3) is 0 Å². The summed E-state index contributed by atoms with van der Waals surface area (Å²) in [4.78, 5) is 0. The summed E-state index contributed by atoms with van der Waals surface area (Å²) in [6.07, 6.45) is 5.27. The van der Waals surface area contributed by atoms with Gasteiger partial charge in [-0.05, 0) is 59.2 Å². The van der Waals surface area contributed by atoms with E-state index in [0.717, 1.165) is 0 Å². The van der Waals surface area contributed by atoms with Crippen LogP contribution in [0.15, 0.2) is 22.7 Å². The van der Waals surface area contributed by atoms with Crippen molar-refractivity contribution in [3.8, 4) is 0 Å². The summed E-state index contributed by atoms with van der Waals surface area (Å²) in [6, 6.07) is 7.05. The number of benzene rings is 1. The molecular weight excluding hydrogens is 274 g/mol. The van der Waals surface area contributed by atoms with Gasteiger partial charge in [-0.1, -0.05) is 32.4 Å². The first kappa shape index (κ1) is 12.9. The van der Waals surface area contributed by atoms with Gasteiger partial charge in [-0.25, -0.2) is 0 Å². The predicted octanol–water partition coefficient (Wildman–Crippen LogP) is 5.14. The third-order valence-electron chi connectivity index (χ3n) is 3.76. The topological polar surface area (TPSA) is 12.0 Å². The van der Waals surface area contributed by atoms with Gasteiger partial charge in [0, 0.05) is 16.2 Å². The molecule has 1 fully saturated rings. The Kier molecular flexibility index (Phi) is 3.82. The van der Waals surface area contributed by atoms with Crippen molar-refractivity contribution in [2.75, 3.05) is 5.32 Å². The van der Waals surface area contributed by atoms with E-state index in [9.17, 15) is 0 Å². The molecule has 2 rings (SSSR count). The number of halogens is 1. The van der Waals surface area contributed by atoms with Gasteiger partial charge in [-0.3, -0.25) is 0 Å². The van der Waals surface area contributed by atoms with E-state index in [1.165, 1.54) is 41.4 Å². The van der Waals surface area contributed by atoms with Gasteiger partial charge in [0.15, 0.2) is 0 Å². The van der Waals surface area contributed by atoms with Gasteiger partial charge < -0.3 is 5.32 Å². The molecule has 0 aliphatic heterocycles. The Bertz CT molecular complexity index is 398. The Morgan fingerprint density at radius 2 is 2.12 bits per heavy atom. The lowest BCUT2D eigenvalue weighted by molar-refractivity contribution is 0.229. The number of anilines is 1. The highest BCUT2D eigenvalue weighted by Gasteiger charge is 2.28. The molecule has 0 bridgehead atoms. The Labute approximate surface area is 113 Å². The number of hydrogen-bond acceptors (Lipinski definition) is 1. The molecule has 1 nitrogen and oxygen atoms in total. The largest absolute Gasteiger partial charge is 0.381 e. The summed E-state index contributed by atoms with van der Waals surface area (Å²) in [5, 5.41) is 3.70. The summed E-state index contributed by atoms with van der Waals surface area (Å²) in [7, 11) is 0. The zero-order valence-corrected chi connectivity index (χ0v) is 12.6. The Morgan fingerprint density at radius 3 is 2.82 bits per heavy atom. The number of rotatable bonds is 2. The SMILES string of the molecule is Cc1cccc(NC2CCCC(C)(C)C2)c1Br. The highest BCUT2D eigenvalue weighted by Crippen LogP contribution is 2.37. The average Bonchev–Trinajstić information content (AvgIpc) is 2.23. The maximum absolute atomic E-state index is 3.70. The van der Waals surface area contributed by atoms with Crippen LogP contribution in [0.3, 0.4) is 0 Å². The fourth-order valence-corrected chi connectivity index (χ4v) is 3.18. The molecule has 0 spiro atoms. The van der Waals surface area contributed by atoms with Crippen LogP contribution in [0.1, 0.15) is 45.1 Å². The average molecular weight is 296 g/mol. The van der Waals surface area contributed by atoms with Crippen LogP contribution in [-0.2, 0) is 0 Å². The molecular formula is C15H22BrN. The van der Waals surface area contributed by atoms with Crippen molar-refractivity contribution >= 4 is 21.6 Å². The first-order valence-electron chi connectivity index (χ1n) is 6.50. The minimum absolute atomic E-state index is 0.492. The molecule has 0 amide bonds. The second kappa shape index (κ2) is 5.01. The number of nitrogens with one attached hydrogen (secondary N) is 1. The van der Waals surface area contributed by atoms with Crippen molar-refractivity contribution in [1.82, 2.24) is 0 Å². The lowest BCUT2D eigenvalue weighted by Crippen LogP contribution is -2.31. The minimum atomic E-state index is 0.492. The van der Waals surface area contributed by atoms with E-state index in [-0.39, 0.29) is 0 Å². The van der Waals surface area contributed by atoms with Gasteiger partial charge in [0.05, 0.1) is 0 Å². The minimum Gasteiger partial charge on any atom is -0.381 e. The lowest BCUT2D eigenvalue weighted by Gasteiger charge is -2.36. The lowest BCUT2D eigenvalue weighted by atomic mass is 9.75. The van der Waals surface area contributed by atoms with Crippen molar-refractivity contribution < 1.29 is 0 Å². The molecule has 0 aromatic heterocycles. The molecule has 1 aliphatic carbocycles. The highest BCUT2D eigenvalue weighted by atomic mass is 79.9. The molecule has 1 atom stereocenters. The van der Waals surface area contributed by atoms with E-state index in [1.54, 1.807) is 0 Å². The smallest absolute Gasteiger partial charge is 0.0489 e. The fourth-order valence-electron chi connectivity index (χ4n) is 2.80. The van der Waals surface area contributed by atoms with E-state index in [4.69, 9.17) is 0 Å². The maximum Gasteiger partial charge on any atom is 0.0489 e. The summed E-state index contributed by atoms with van der Waals surface area (Å²) in [5.74, 6) is 0. The van der Waals surface area contributed by atoms with E-state index in [1.807, 2.05) is 0 Å². The molecule has 1 saturated carbocycles. The van der Waals surface area contributed by atoms with Crippen molar-refractivity contribution in [3.63, 3.8) is 0 Å². The highest BCUT2D eigenvalue weighted by molar-refractivity contribution is 9.10. The third-order valence-corrected chi connectivity index (χ3v) is 4.81. The zero-order chi connectivity index (χ0) is 12.5. The molecule has 0 heterocycles. The van der Waals surface area contributed by atoms with Crippen LogP contribution in [-0.4, -0.2) is 6.04 Å². The molecule has 2 heteroatoms. The second-order valence-corrected chi connectivity index (χ2v) is 6.83. The monoisotopic (exact) mass is 295 g/mol. The van der Waals surface area contributed by atoms with E-state index < -0.39 is 0 Å². The molecule has 1 N–H and O–H groups in total. The first-order chi connectivity index (χ1) is 7.98. The van der Waals surface area contributed by atoms with Gasteiger partial charge in [-0.15, -0.1) is 0 Å². The predicted molar refractivity (Wildman–Crippen MR) is 78.5 cm³/mol. The van der Waals surface area contributed by atoms with Gasteiger partial charge in [0.2, 0.25) is 0 Å². The number of hydrogen-bond donors (Lipinski definition) is 1. The molecule has 0 saturated heterocycles. The second-order valence-electron chi connectivity index (χ2n) is 6.04. The molecule has 1 aliphatic rings. The molecule has 94 valence electrons. The summed E-state index contributed by atoms with van der Waals surface area (Å²) < 4.78 is 1.21. The van der Waals surface area contributed by atoms with Crippen LogP contribution in [0.2, 0.25) is 0 Å². The zero-order valence-electron chi connectivity index (χ0n) is 11.0. The summed E-state index contributed by atoms with van der Waals surface area (Å²) in [5.41, 5.74) is 3.03. The third kappa shape index (κ3) is 3.25. The maximum atomic E-state index is 3.70. The van der Waals surface area contributed by atoms with E-state index >= 15 is 0 Å². The Hall–Kier alpha value is -0.500. The van der Waals surface area contributed by atoms with Crippen LogP contribution in [0, 0.1) is 12.3 Å². The summed E-state index contributed by atoms with van der Waals surface area (Å²) in [6.45, 7) is 6.90. The fraction of sp³-hybridized carbons (Fsp3) is 0.600. The quantitative estimate of drug-likeness (QED) is 0.797. The van der Waals surface area contributed by atoms with Crippen molar-refractivity contribution in [1.29, 1.82) is 0 Å². The van der Waals surface area contributed by atoms with Crippen LogP contribution in [0.4, 0.5) is 5.69 Å². The van der Waals surface area contributed by atoms with Gasteiger partial charge >= 0.3 is 0 Å². The normalized spacial score (nSPS) is 23.4. The molecule has 1 aromatic carbocycles. The standard InChI is InChI=1S/C15H22BrN/c1-11-6-4-8-13(14(11)16)17-12-7-5-9-15(2,3)10-12/h4,6,8,12,17H,5,7,9-10H2,1-3H3. The Balaban J connectivity index is 2.08. The van der Waals surface area contributed by atoms with Crippen LogP contribution >= 0.6 is 15.9 Å². The van der Waals surface area contributed by atoms with Crippen molar-refractivity contribution in [2.24, 2.45) is 5.41 Å². The molecule has 1 aromatic rings. The van der Waals surface area contributed by atoms with Crippen molar-refractivity contribution in [2.45, 2.75) is 52.5 Å².